The zero-order valence-corrected chi connectivity index (χ0v) is 13.7. The van der Waals surface area contributed by atoms with Gasteiger partial charge in [0.1, 0.15) is 5.75 Å². The van der Waals surface area contributed by atoms with E-state index in [1.165, 1.54) is 0 Å². The van der Waals surface area contributed by atoms with Crippen molar-refractivity contribution in [3.63, 3.8) is 0 Å². The topological polar surface area (TPSA) is 75.6 Å². The van der Waals surface area contributed by atoms with Crippen molar-refractivity contribution < 1.29 is 19.4 Å². The van der Waals surface area contributed by atoms with Gasteiger partial charge in [-0.25, -0.2) is 0 Å². The average molecular weight is 307 g/mol. The van der Waals surface area contributed by atoms with Crippen molar-refractivity contribution in [3.05, 3.63) is 29.8 Å². The van der Waals surface area contributed by atoms with Crippen molar-refractivity contribution in [2.75, 3.05) is 6.54 Å². The molecule has 0 saturated heterocycles. The molecule has 1 aromatic rings. The summed E-state index contributed by atoms with van der Waals surface area (Å²) in [6, 6.07) is 7.44. The SMILES string of the molecule is CCC(CC)(CNC(=O)C(C)Oc1cccc(C)c1)C(=O)O. The van der Waals surface area contributed by atoms with Gasteiger partial charge in [-0.1, -0.05) is 26.0 Å². The molecule has 2 N–H and O–H groups in total. The summed E-state index contributed by atoms with van der Waals surface area (Å²) in [5.74, 6) is -0.572. The molecule has 5 nitrogen and oxygen atoms in total. The highest BCUT2D eigenvalue weighted by molar-refractivity contribution is 5.82. The summed E-state index contributed by atoms with van der Waals surface area (Å²) in [4.78, 5) is 23.5. The van der Waals surface area contributed by atoms with Crippen LogP contribution in [0, 0.1) is 12.3 Å². The van der Waals surface area contributed by atoms with Crippen molar-refractivity contribution in [2.24, 2.45) is 5.41 Å². The van der Waals surface area contributed by atoms with E-state index >= 15 is 0 Å². The summed E-state index contributed by atoms with van der Waals surface area (Å²) in [5.41, 5.74) is 0.130. The smallest absolute Gasteiger partial charge is 0.311 e. The van der Waals surface area contributed by atoms with Gasteiger partial charge in [0, 0.05) is 6.54 Å². The summed E-state index contributed by atoms with van der Waals surface area (Å²) in [7, 11) is 0. The molecular weight excluding hydrogens is 282 g/mol. The van der Waals surface area contributed by atoms with Gasteiger partial charge in [-0.05, 0) is 44.4 Å². The standard InChI is InChI=1S/C17H25NO4/c1-5-17(6-2,16(20)21)11-18-15(19)13(4)22-14-9-7-8-12(3)10-14/h7-10,13H,5-6,11H2,1-4H3,(H,18,19)(H,20,21). The maximum absolute atomic E-state index is 12.1. The first kappa shape index (κ1) is 18.0. The van der Waals surface area contributed by atoms with E-state index in [1.54, 1.807) is 13.0 Å². The predicted octanol–water partition coefficient (Wildman–Crippen LogP) is 2.77. The third-order valence-corrected chi connectivity index (χ3v) is 4.08. The summed E-state index contributed by atoms with van der Waals surface area (Å²) in [5, 5.41) is 12.1. The minimum atomic E-state index is -0.918. The zero-order valence-electron chi connectivity index (χ0n) is 13.7. The van der Waals surface area contributed by atoms with Gasteiger partial charge < -0.3 is 15.2 Å². The van der Waals surface area contributed by atoms with Crippen LogP contribution >= 0.6 is 0 Å². The molecule has 122 valence electrons. The Morgan fingerprint density at radius 1 is 1.32 bits per heavy atom. The lowest BCUT2D eigenvalue weighted by atomic mass is 9.82. The van der Waals surface area contributed by atoms with Crippen LogP contribution in [0.3, 0.4) is 0 Å². The molecule has 5 heteroatoms. The number of amides is 1. The molecule has 0 aliphatic heterocycles. The van der Waals surface area contributed by atoms with Crippen molar-refractivity contribution in [2.45, 2.75) is 46.6 Å². The molecule has 1 atom stereocenters. The summed E-state index contributed by atoms with van der Waals surface area (Å²) in [6.45, 7) is 7.34. The monoisotopic (exact) mass is 307 g/mol. The predicted molar refractivity (Wildman–Crippen MR) is 84.9 cm³/mol. The van der Waals surface area contributed by atoms with Gasteiger partial charge in [0.15, 0.2) is 6.10 Å². The zero-order chi connectivity index (χ0) is 16.8. The first-order valence-corrected chi connectivity index (χ1v) is 7.59. The number of hydrogen-bond acceptors (Lipinski definition) is 3. The number of carboxylic acids is 1. The van der Waals surface area contributed by atoms with Crippen LogP contribution in [0.15, 0.2) is 24.3 Å². The van der Waals surface area contributed by atoms with E-state index in [2.05, 4.69) is 5.32 Å². The lowest BCUT2D eigenvalue weighted by Crippen LogP contribution is -2.46. The minimum absolute atomic E-state index is 0.107. The Labute approximate surface area is 131 Å². The summed E-state index contributed by atoms with van der Waals surface area (Å²) in [6.07, 6.45) is 0.250. The fourth-order valence-corrected chi connectivity index (χ4v) is 2.22. The number of aryl methyl sites for hydroxylation is 1. The molecular formula is C17H25NO4. The summed E-state index contributed by atoms with van der Waals surface area (Å²) < 4.78 is 5.59. The van der Waals surface area contributed by atoms with Crippen LogP contribution < -0.4 is 10.1 Å². The molecule has 1 aromatic carbocycles. The molecule has 0 aromatic heterocycles. The van der Waals surface area contributed by atoms with Gasteiger partial charge in [-0.15, -0.1) is 0 Å². The lowest BCUT2D eigenvalue weighted by molar-refractivity contribution is -0.149. The van der Waals surface area contributed by atoms with Crippen molar-refractivity contribution in [1.82, 2.24) is 5.32 Å². The van der Waals surface area contributed by atoms with Crippen LogP contribution in [-0.4, -0.2) is 29.6 Å². The second kappa shape index (κ2) is 7.82. The molecule has 1 rings (SSSR count). The molecule has 0 fully saturated rings. The Hall–Kier alpha value is -2.04. The van der Waals surface area contributed by atoms with E-state index in [9.17, 15) is 14.7 Å². The van der Waals surface area contributed by atoms with Gasteiger partial charge in [0.05, 0.1) is 5.41 Å². The van der Waals surface area contributed by atoms with E-state index in [0.717, 1.165) is 5.56 Å². The van der Waals surface area contributed by atoms with E-state index in [0.29, 0.717) is 18.6 Å². The number of aliphatic carboxylic acids is 1. The van der Waals surface area contributed by atoms with Crippen molar-refractivity contribution >= 4 is 11.9 Å². The van der Waals surface area contributed by atoms with Crippen molar-refractivity contribution in [3.8, 4) is 5.75 Å². The highest BCUT2D eigenvalue weighted by Gasteiger charge is 2.35. The van der Waals surface area contributed by atoms with Gasteiger partial charge >= 0.3 is 5.97 Å². The van der Waals surface area contributed by atoms with Crippen LogP contribution in [-0.2, 0) is 9.59 Å². The molecule has 0 aliphatic rings. The molecule has 0 aliphatic carbocycles. The van der Waals surface area contributed by atoms with E-state index in [-0.39, 0.29) is 12.5 Å². The molecule has 0 spiro atoms. The maximum atomic E-state index is 12.1. The fraction of sp³-hybridized carbons (Fsp3) is 0.529. The molecule has 0 radical (unpaired) electrons. The first-order valence-electron chi connectivity index (χ1n) is 7.59. The quantitative estimate of drug-likeness (QED) is 0.774. The van der Waals surface area contributed by atoms with Crippen LogP contribution in [0.5, 0.6) is 5.75 Å². The highest BCUT2D eigenvalue weighted by atomic mass is 16.5. The fourth-order valence-electron chi connectivity index (χ4n) is 2.22. The molecule has 1 amide bonds. The van der Waals surface area contributed by atoms with Gasteiger partial charge in [-0.2, -0.15) is 0 Å². The molecule has 22 heavy (non-hydrogen) atoms. The van der Waals surface area contributed by atoms with Gasteiger partial charge in [0.25, 0.3) is 5.91 Å². The molecule has 0 bridgehead atoms. The molecule has 1 unspecified atom stereocenters. The largest absolute Gasteiger partial charge is 0.481 e. The third kappa shape index (κ3) is 4.48. The Morgan fingerprint density at radius 3 is 2.45 bits per heavy atom. The van der Waals surface area contributed by atoms with Crippen LogP contribution in [0.2, 0.25) is 0 Å². The number of rotatable bonds is 8. The van der Waals surface area contributed by atoms with Gasteiger partial charge in [0.2, 0.25) is 0 Å². The molecule has 0 heterocycles. The normalized spacial score (nSPS) is 12.5. The van der Waals surface area contributed by atoms with E-state index in [1.807, 2.05) is 39.0 Å². The highest BCUT2D eigenvalue weighted by Crippen LogP contribution is 2.25. The van der Waals surface area contributed by atoms with Crippen molar-refractivity contribution in [1.29, 1.82) is 0 Å². The minimum Gasteiger partial charge on any atom is -0.481 e. The molecule has 0 saturated carbocycles. The lowest BCUT2D eigenvalue weighted by Gasteiger charge is -2.27. The van der Waals surface area contributed by atoms with Gasteiger partial charge in [-0.3, -0.25) is 9.59 Å². The maximum Gasteiger partial charge on any atom is 0.311 e. The average Bonchev–Trinajstić information content (AvgIpc) is 2.48. The number of nitrogens with one attached hydrogen (secondary N) is 1. The Balaban J connectivity index is 2.62. The number of benzene rings is 1. The second-order valence-corrected chi connectivity index (χ2v) is 5.59. The second-order valence-electron chi connectivity index (χ2n) is 5.59. The third-order valence-electron chi connectivity index (χ3n) is 4.08. The van der Waals surface area contributed by atoms with E-state index < -0.39 is 17.5 Å². The Kier molecular flexibility index (Phi) is 6.40. The van der Waals surface area contributed by atoms with E-state index in [4.69, 9.17) is 4.74 Å². The van der Waals surface area contributed by atoms with Crippen LogP contribution in [0.1, 0.15) is 39.2 Å². The summed E-state index contributed by atoms with van der Waals surface area (Å²) >= 11 is 0. The van der Waals surface area contributed by atoms with Crippen LogP contribution in [0.4, 0.5) is 0 Å². The number of carbonyl (C=O) groups excluding carboxylic acids is 1. The first-order chi connectivity index (χ1) is 10.3. The number of hydrogen-bond donors (Lipinski definition) is 2. The number of carbonyl (C=O) groups is 2. The number of carboxylic acid groups (broad SMARTS) is 1. The van der Waals surface area contributed by atoms with Crippen LogP contribution in [0.25, 0.3) is 0 Å². The Morgan fingerprint density at radius 2 is 1.95 bits per heavy atom. The Bertz CT molecular complexity index is 523. The number of ether oxygens (including phenoxy) is 1.